The molecule has 30 heavy (non-hydrogen) atoms. The van der Waals surface area contributed by atoms with Gasteiger partial charge in [-0.3, -0.25) is 9.69 Å². The first-order valence-electron chi connectivity index (χ1n) is 10.3. The minimum absolute atomic E-state index is 0.105. The highest BCUT2D eigenvalue weighted by molar-refractivity contribution is 7.22. The normalized spacial score (nSPS) is 13.0. The minimum Gasteiger partial charge on any atom is -0.486 e. The van der Waals surface area contributed by atoms with Gasteiger partial charge in [-0.25, -0.2) is 4.98 Å². The van der Waals surface area contributed by atoms with E-state index in [1.807, 2.05) is 49.3 Å². The van der Waals surface area contributed by atoms with E-state index in [9.17, 15) is 4.79 Å². The Balaban J connectivity index is 1.55. The molecule has 2 heterocycles. The molecule has 1 aromatic heterocycles. The van der Waals surface area contributed by atoms with Crippen LogP contribution in [0.4, 0.5) is 5.13 Å². The summed E-state index contributed by atoms with van der Waals surface area (Å²) in [5.74, 6) is 1.58. The Labute approximate surface area is 181 Å². The third-order valence-corrected chi connectivity index (χ3v) is 6.07. The quantitative estimate of drug-likeness (QED) is 0.546. The summed E-state index contributed by atoms with van der Waals surface area (Å²) in [6.07, 6.45) is 2.08. The standard InChI is InChI=1S/C23H27N3O3S/c1-25(2)11-6-12-26(22(27)10-9-17-7-4-3-5-8-17)23-24-18-15-19-20(16-21(18)30-23)29-14-13-28-19/h3-5,7-8,15-16H,6,9-14H2,1-2H3. The SMILES string of the molecule is CN(C)CCCN(C(=O)CCc1ccccc1)c1nc2cc3c(cc2s1)OCCO3. The molecule has 2 aromatic carbocycles. The minimum atomic E-state index is 0.105. The fraction of sp³-hybridized carbons (Fsp3) is 0.391. The largest absolute Gasteiger partial charge is 0.486 e. The Bertz CT molecular complexity index is 961. The van der Waals surface area contributed by atoms with Crippen molar-refractivity contribution in [3.8, 4) is 11.5 Å². The molecule has 0 saturated carbocycles. The lowest BCUT2D eigenvalue weighted by molar-refractivity contribution is -0.118. The van der Waals surface area contributed by atoms with Crippen LogP contribution in [0.2, 0.25) is 0 Å². The number of anilines is 1. The van der Waals surface area contributed by atoms with Crippen molar-refractivity contribution in [1.82, 2.24) is 9.88 Å². The molecule has 0 unspecified atom stereocenters. The molecule has 6 nitrogen and oxygen atoms in total. The molecule has 0 N–H and O–H groups in total. The maximum absolute atomic E-state index is 13.2. The second-order valence-electron chi connectivity index (χ2n) is 7.65. The van der Waals surface area contributed by atoms with Crippen molar-refractivity contribution in [3.05, 3.63) is 48.0 Å². The number of carbonyl (C=O) groups excluding carboxylic acids is 1. The van der Waals surface area contributed by atoms with E-state index in [-0.39, 0.29) is 5.91 Å². The number of thiazole rings is 1. The van der Waals surface area contributed by atoms with E-state index in [1.54, 1.807) is 0 Å². The predicted octanol–water partition coefficient (Wildman–Crippen LogP) is 3.99. The third-order valence-electron chi connectivity index (χ3n) is 5.03. The van der Waals surface area contributed by atoms with Crippen molar-refractivity contribution in [2.24, 2.45) is 0 Å². The maximum atomic E-state index is 13.2. The first kappa shape index (κ1) is 20.6. The molecule has 0 spiro atoms. The molecule has 1 aliphatic rings. The molecule has 0 bridgehead atoms. The number of hydrogen-bond acceptors (Lipinski definition) is 6. The first-order valence-corrected chi connectivity index (χ1v) is 11.1. The van der Waals surface area contributed by atoms with Crippen molar-refractivity contribution < 1.29 is 14.3 Å². The van der Waals surface area contributed by atoms with Crippen LogP contribution in [0.1, 0.15) is 18.4 Å². The lowest BCUT2D eigenvalue weighted by Gasteiger charge is -2.21. The Morgan fingerprint density at radius 1 is 1.07 bits per heavy atom. The van der Waals surface area contributed by atoms with E-state index in [4.69, 9.17) is 14.5 Å². The van der Waals surface area contributed by atoms with Gasteiger partial charge in [-0.1, -0.05) is 41.7 Å². The van der Waals surface area contributed by atoms with E-state index in [0.717, 1.165) is 46.2 Å². The summed E-state index contributed by atoms with van der Waals surface area (Å²) >= 11 is 1.53. The number of aryl methyl sites for hydroxylation is 1. The highest BCUT2D eigenvalue weighted by Gasteiger charge is 2.21. The van der Waals surface area contributed by atoms with Gasteiger partial charge < -0.3 is 14.4 Å². The maximum Gasteiger partial charge on any atom is 0.229 e. The van der Waals surface area contributed by atoms with Crippen molar-refractivity contribution in [2.45, 2.75) is 19.3 Å². The summed E-state index contributed by atoms with van der Waals surface area (Å²) in [5, 5.41) is 0.740. The second kappa shape index (κ2) is 9.45. The van der Waals surface area contributed by atoms with Crippen LogP contribution in [-0.2, 0) is 11.2 Å². The average Bonchev–Trinajstić information content (AvgIpc) is 3.16. The van der Waals surface area contributed by atoms with Gasteiger partial charge in [0.25, 0.3) is 0 Å². The lowest BCUT2D eigenvalue weighted by Crippen LogP contribution is -2.33. The number of carbonyl (C=O) groups is 1. The molecule has 0 atom stereocenters. The van der Waals surface area contributed by atoms with Crippen molar-refractivity contribution in [3.63, 3.8) is 0 Å². The summed E-state index contributed by atoms with van der Waals surface area (Å²) in [4.78, 5) is 21.9. The molecule has 4 rings (SSSR count). The Morgan fingerprint density at radius 3 is 2.53 bits per heavy atom. The van der Waals surface area contributed by atoms with Crippen LogP contribution in [0.25, 0.3) is 10.2 Å². The van der Waals surface area contributed by atoms with Crippen LogP contribution in [-0.4, -0.2) is 56.2 Å². The Kier molecular flexibility index (Phi) is 6.50. The van der Waals surface area contributed by atoms with Crippen LogP contribution in [0.5, 0.6) is 11.5 Å². The molecule has 3 aromatic rings. The monoisotopic (exact) mass is 425 g/mol. The van der Waals surface area contributed by atoms with Gasteiger partial charge in [-0.05, 0) is 39.0 Å². The van der Waals surface area contributed by atoms with Crippen LogP contribution < -0.4 is 14.4 Å². The molecule has 0 fully saturated rings. The summed E-state index contributed by atoms with van der Waals surface area (Å²) in [7, 11) is 4.09. The zero-order valence-electron chi connectivity index (χ0n) is 17.5. The number of amides is 1. The predicted molar refractivity (Wildman–Crippen MR) is 121 cm³/mol. The summed E-state index contributed by atoms with van der Waals surface area (Å²) in [6, 6.07) is 14.0. The molecular formula is C23H27N3O3S. The summed E-state index contributed by atoms with van der Waals surface area (Å²) in [5.41, 5.74) is 2.01. The Morgan fingerprint density at radius 2 is 1.80 bits per heavy atom. The zero-order valence-corrected chi connectivity index (χ0v) is 18.3. The van der Waals surface area contributed by atoms with E-state index >= 15 is 0 Å². The van der Waals surface area contributed by atoms with Gasteiger partial charge in [-0.2, -0.15) is 0 Å². The number of rotatable bonds is 8. The van der Waals surface area contributed by atoms with Gasteiger partial charge in [0, 0.05) is 25.1 Å². The number of nitrogens with zero attached hydrogens (tertiary/aromatic N) is 3. The first-order chi connectivity index (χ1) is 14.6. The summed E-state index contributed by atoms with van der Waals surface area (Å²) in [6.45, 7) is 2.67. The van der Waals surface area contributed by atoms with Gasteiger partial charge in [0.2, 0.25) is 5.91 Å². The van der Waals surface area contributed by atoms with Crippen molar-refractivity contribution >= 4 is 32.6 Å². The van der Waals surface area contributed by atoms with Gasteiger partial charge in [-0.15, -0.1) is 0 Å². The number of hydrogen-bond donors (Lipinski definition) is 0. The highest BCUT2D eigenvalue weighted by Crippen LogP contribution is 2.39. The smallest absolute Gasteiger partial charge is 0.229 e. The number of aromatic nitrogens is 1. The van der Waals surface area contributed by atoms with Crippen LogP contribution in [0.3, 0.4) is 0 Å². The van der Waals surface area contributed by atoms with Gasteiger partial charge in [0.05, 0.1) is 10.2 Å². The van der Waals surface area contributed by atoms with Crippen LogP contribution in [0, 0.1) is 0 Å². The molecular weight excluding hydrogens is 398 g/mol. The van der Waals surface area contributed by atoms with Crippen LogP contribution in [0.15, 0.2) is 42.5 Å². The molecule has 158 valence electrons. The topological polar surface area (TPSA) is 54.9 Å². The highest BCUT2D eigenvalue weighted by atomic mass is 32.1. The van der Waals surface area contributed by atoms with E-state index in [2.05, 4.69) is 17.0 Å². The summed E-state index contributed by atoms with van der Waals surface area (Å²) < 4.78 is 12.4. The van der Waals surface area contributed by atoms with Gasteiger partial charge in [0.15, 0.2) is 16.6 Å². The molecule has 0 saturated heterocycles. The molecule has 0 radical (unpaired) electrons. The van der Waals surface area contributed by atoms with E-state index in [1.165, 1.54) is 16.9 Å². The molecule has 0 aliphatic carbocycles. The van der Waals surface area contributed by atoms with Gasteiger partial charge >= 0.3 is 0 Å². The molecule has 7 heteroatoms. The van der Waals surface area contributed by atoms with Crippen molar-refractivity contribution in [2.75, 3.05) is 45.3 Å². The third kappa shape index (κ3) is 4.91. The van der Waals surface area contributed by atoms with Crippen LogP contribution >= 0.6 is 11.3 Å². The average molecular weight is 426 g/mol. The van der Waals surface area contributed by atoms with Gasteiger partial charge in [0.1, 0.15) is 13.2 Å². The lowest BCUT2D eigenvalue weighted by atomic mass is 10.1. The number of ether oxygens (including phenoxy) is 2. The fourth-order valence-electron chi connectivity index (χ4n) is 3.47. The zero-order chi connectivity index (χ0) is 20.9. The second-order valence-corrected chi connectivity index (χ2v) is 8.66. The number of fused-ring (bicyclic) bond motifs is 2. The van der Waals surface area contributed by atoms with Crippen molar-refractivity contribution in [1.29, 1.82) is 0 Å². The van der Waals surface area contributed by atoms with E-state index in [0.29, 0.717) is 26.2 Å². The van der Waals surface area contributed by atoms with E-state index < -0.39 is 0 Å². The fourth-order valence-corrected chi connectivity index (χ4v) is 4.49. The Hall–Kier alpha value is -2.64. The molecule has 1 aliphatic heterocycles. The number of benzene rings is 2. The molecule has 1 amide bonds.